The van der Waals surface area contributed by atoms with Crippen molar-refractivity contribution in [2.24, 2.45) is 17.1 Å². The molecule has 0 heterocycles. The molecule has 1 aliphatic rings. The topological polar surface area (TPSA) is 46.2 Å². The minimum atomic E-state index is -0.964. The van der Waals surface area contributed by atoms with E-state index < -0.39 is 5.60 Å². The summed E-state index contributed by atoms with van der Waals surface area (Å²) in [5.41, 5.74) is 5.34. The smallest absolute Gasteiger partial charge is 0.126 e. The molecule has 20 heavy (non-hydrogen) atoms. The van der Waals surface area contributed by atoms with Crippen LogP contribution < -0.4 is 5.73 Å². The lowest BCUT2D eigenvalue weighted by Crippen LogP contribution is -2.50. The Bertz CT molecular complexity index is 460. The van der Waals surface area contributed by atoms with Crippen LogP contribution in [-0.4, -0.2) is 17.3 Å². The third-order valence-electron chi connectivity index (χ3n) is 5.31. The fraction of sp³-hybridized carbons (Fsp3) is 0.647. The SMILES string of the molecule is CCC1CCC(CN)(C(C)(O)Cc2ccccc2F)C1. The number of hydrogen-bond donors (Lipinski definition) is 2. The Balaban J connectivity index is 2.22. The molecule has 0 aliphatic heterocycles. The van der Waals surface area contributed by atoms with Crippen LogP contribution in [0.3, 0.4) is 0 Å². The fourth-order valence-corrected chi connectivity index (χ4v) is 3.68. The van der Waals surface area contributed by atoms with Gasteiger partial charge in [0.25, 0.3) is 0 Å². The lowest BCUT2D eigenvalue weighted by Gasteiger charge is -2.43. The zero-order chi connectivity index (χ0) is 14.8. The Hall–Kier alpha value is -0.930. The van der Waals surface area contributed by atoms with Gasteiger partial charge in [-0.1, -0.05) is 31.5 Å². The molecule has 1 aromatic carbocycles. The van der Waals surface area contributed by atoms with Gasteiger partial charge in [0, 0.05) is 18.4 Å². The van der Waals surface area contributed by atoms with Crippen molar-refractivity contribution in [2.75, 3.05) is 6.54 Å². The third kappa shape index (κ3) is 2.75. The predicted molar refractivity (Wildman–Crippen MR) is 79.8 cm³/mol. The minimum absolute atomic E-state index is 0.245. The van der Waals surface area contributed by atoms with Gasteiger partial charge in [-0.05, 0) is 43.7 Å². The highest BCUT2D eigenvalue weighted by molar-refractivity contribution is 5.21. The quantitative estimate of drug-likeness (QED) is 0.869. The van der Waals surface area contributed by atoms with E-state index in [1.165, 1.54) is 6.07 Å². The molecule has 3 atom stereocenters. The minimum Gasteiger partial charge on any atom is -0.389 e. The van der Waals surface area contributed by atoms with E-state index in [0.29, 0.717) is 24.4 Å². The van der Waals surface area contributed by atoms with Gasteiger partial charge in [0.2, 0.25) is 0 Å². The highest BCUT2D eigenvalue weighted by Gasteiger charge is 2.50. The summed E-state index contributed by atoms with van der Waals surface area (Å²) in [4.78, 5) is 0. The van der Waals surface area contributed by atoms with Gasteiger partial charge in [-0.25, -0.2) is 4.39 Å². The van der Waals surface area contributed by atoms with Crippen LogP contribution in [-0.2, 0) is 6.42 Å². The number of halogens is 1. The summed E-state index contributed by atoms with van der Waals surface area (Å²) in [5.74, 6) is 0.385. The standard InChI is InChI=1S/C17H26FNO/c1-3-13-8-9-17(10-13,12-19)16(2,20)11-14-6-4-5-7-15(14)18/h4-7,13,20H,3,8-12,19H2,1-2H3. The van der Waals surface area contributed by atoms with Crippen molar-refractivity contribution in [3.8, 4) is 0 Å². The first-order valence-corrected chi connectivity index (χ1v) is 7.60. The molecule has 1 aliphatic carbocycles. The van der Waals surface area contributed by atoms with Gasteiger partial charge in [-0.3, -0.25) is 0 Å². The Kier molecular flexibility index (Phi) is 4.50. The monoisotopic (exact) mass is 279 g/mol. The molecule has 3 N–H and O–H groups in total. The lowest BCUT2D eigenvalue weighted by molar-refractivity contribution is -0.0651. The summed E-state index contributed by atoms with van der Waals surface area (Å²) in [6, 6.07) is 6.69. The summed E-state index contributed by atoms with van der Waals surface area (Å²) in [6.07, 6.45) is 4.44. The largest absolute Gasteiger partial charge is 0.389 e. The van der Waals surface area contributed by atoms with Crippen molar-refractivity contribution >= 4 is 0 Å². The molecule has 3 heteroatoms. The molecular weight excluding hydrogens is 253 g/mol. The lowest BCUT2D eigenvalue weighted by atomic mass is 9.68. The van der Waals surface area contributed by atoms with Crippen LogP contribution in [0.4, 0.5) is 4.39 Å². The highest BCUT2D eigenvalue weighted by Crippen LogP contribution is 2.50. The molecule has 0 radical (unpaired) electrons. The molecule has 1 aromatic rings. The summed E-state index contributed by atoms with van der Waals surface area (Å²) in [7, 11) is 0. The van der Waals surface area contributed by atoms with Crippen molar-refractivity contribution in [1.29, 1.82) is 0 Å². The van der Waals surface area contributed by atoms with Gasteiger partial charge in [-0.15, -0.1) is 0 Å². The molecule has 1 fully saturated rings. The predicted octanol–water partition coefficient (Wildman–Crippen LogP) is 3.27. The average molecular weight is 279 g/mol. The maximum atomic E-state index is 13.8. The molecule has 2 rings (SSSR count). The number of rotatable bonds is 5. The highest BCUT2D eigenvalue weighted by atomic mass is 19.1. The van der Waals surface area contributed by atoms with Crippen molar-refractivity contribution in [2.45, 2.75) is 51.6 Å². The normalized spacial score (nSPS) is 29.4. The molecule has 3 unspecified atom stereocenters. The Morgan fingerprint density at radius 2 is 2.15 bits per heavy atom. The molecule has 0 amide bonds. The van der Waals surface area contributed by atoms with Gasteiger partial charge in [-0.2, -0.15) is 0 Å². The molecule has 112 valence electrons. The van der Waals surface area contributed by atoms with Crippen molar-refractivity contribution in [1.82, 2.24) is 0 Å². The molecule has 0 spiro atoms. The molecule has 0 saturated heterocycles. The van der Waals surface area contributed by atoms with Crippen LogP contribution in [0.1, 0.15) is 45.1 Å². The van der Waals surface area contributed by atoms with Crippen LogP contribution in [0.25, 0.3) is 0 Å². The van der Waals surface area contributed by atoms with Crippen LogP contribution in [0.2, 0.25) is 0 Å². The zero-order valence-electron chi connectivity index (χ0n) is 12.5. The molecule has 0 aromatic heterocycles. The van der Waals surface area contributed by atoms with E-state index in [-0.39, 0.29) is 11.2 Å². The number of benzene rings is 1. The van der Waals surface area contributed by atoms with Crippen LogP contribution in [0, 0.1) is 17.2 Å². The summed E-state index contributed by atoms with van der Waals surface area (Å²) < 4.78 is 13.8. The van der Waals surface area contributed by atoms with Crippen molar-refractivity contribution in [3.63, 3.8) is 0 Å². The molecule has 0 bridgehead atoms. The summed E-state index contributed by atoms with van der Waals surface area (Å²) in [6.45, 7) is 4.47. The number of hydrogen-bond acceptors (Lipinski definition) is 2. The summed E-state index contributed by atoms with van der Waals surface area (Å²) in [5, 5.41) is 11.0. The number of aliphatic hydroxyl groups is 1. The van der Waals surface area contributed by atoms with E-state index in [0.717, 1.165) is 25.7 Å². The van der Waals surface area contributed by atoms with Crippen molar-refractivity contribution < 1.29 is 9.50 Å². The van der Waals surface area contributed by atoms with Crippen molar-refractivity contribution in [3.05, 3.63) is 35.6 Å². The zero-order valence-corrected chi connectivity index (χ0v) is 12.5. The fourth-order valence-electron chi connectivity index (χ4n) is 3.68. The summed E-state index contributed by atoms with van der Waals surface area (Å²) >= 11 is 0. The van der Waals surface area contributed by atoms with Gasteiger partial charge in [0.05, 0.1) is 5.60 Å². The maximum absolute atomic E-state index is 13.8. The van der Waals surface area contributed by atoms with Crippen LogP contribution >= 0.6 is 0 Å². The van der Waals surface area contributed by atoms with E-state index in [1.54, 1.807) is 12.1 Å². The van der Waals surface area contributed by atoms with E-state index in [9.17, 15) is 9.50 Å². The van der Waals surface area contributed by atoms with Gasteiger partial charge < -0.3 is 10.8 Å². The average Bonchev–Trinajstić information content (AvgIpc) is 2.87. The maximum Gasteiger partial charge on any atom is 0.126 e. The van der Waals surface area contributed by atoms with Gasteiger partial charge in [0.1, 0.15) is 5.82 Å². The van der Waals surface area contributed by atoms with E-state index in [2.05, 4.69) is 6.92 Å². The first kappa shape index (κ1) is 15.5. The number of nitrogens with two attached hydrogens (primary N) is 1. The first-order valence-electron chi connectivity index (χ1n) is 7.60. The second kappa shape index (κ2) is 5.82. The second-order valence-corrected chi connectivity index (χ2v) is 6.54. The first-order chi connectivity index (χ1) is 9.44. The Morgan fingerprint density at radius 3 is 2.70 bits per heavy atom. The van der Waals surface area contributed by atoms with E-state index >= 15 is 0 Å². The van der Waals surface area contributed by atoms with E-state index in [1.807, 2.05) is 13.0 Å². The van der Waals surface area contributed by atoms with Gasteiger partial charge >= 0.3 is 0 Å². The Morgan fingerprint density at radius 1 is 1.45 bits per heavy atom. The van der Waals surface area contributed by atoms with Crippen LogP contribution in [0.15, 0.2) is 24.3 Å². The van der Waals surface area contributed by atoms with Gasteiger partial charge in [0.15, 0.2) is 0 Å². The molecule has 2 nitrogen and oxygen atoms in total. The molecule has 1 saturated carbocycles. The van der Waals surface area contributed by atoms with Crippen LogP contribution in [0.5, 0.6) is 0 Å². The Labute approximate surface area is 121 Å². The van der Waals surface area contributed by atoms with E-state index in [4.69, 9.17) is 5.73 Å². The second-order valence-electron chi connectivity index (χ2n) is 6.54. The third-order valence-corrected chi connectivity index (χ3v) is 5.31. The molecular formula is C17H26FNO.